The van der Waals surface area contributed by atoms with Gasteiger partial charge in [-0.2, -0.15) is 0 Å². The summed E-state index contributed by atoms with van der Waals surface area (Å²) in [7, 11) is 0. The van der Waals surface area contributed by atoms with E-state index in [1.165, 1.54) is 24.8 Å². The van der Waals surface area contributed by atoms with Crippen molar-refractivity contribution in [3.8, 4) is 0 Å². The first-order valence-corrected chi connectivity index (χ1v) is 9.68. The van der Waals surface area contributed by atoms with Crippen LogP contribution < -0.4 is 10.6 Å². The van der Waals surface area contributed by atoms with E-state index < -0.39 is 0 Å². The average molecular weight is 343 g/mol. The maximum Gasteiger partial charge on any atom is 0.226 e. The molecular formula is C20H29N3O2. The van der Waals surface area contributed by atoms with Crippen molar-refractivity contribution in [2.45, 2.75) is 43.9 Å². The molecule has 136 valence electrons. The highest BCUT2D eigenvalue weighted by Gasteiger charge is 2.41. The Balaban J connectivity index is 1.55. The van der Waals surface area contributed by atoms with Crippen LogP contribution in [0.1, 0.15) is 44.1 Å². The first kappa shape index (κ1) is 16.9. The minimum atomic E-state index is 0.186. The normalized spacial score (nSPS) is 24.2. The molecule has 1 amide bonds. The zero-order valence-electron chi connectivity index (χ0n) is 15.0. The number of carbonyl (C=O) groups excluding carboxylic acids is 1. The lowest BCUT2D eigenvalue weighted by Gasteiger charge is -2.47. The van der Waals surface area contributed by atoms with Crippen LogP contribution in [0.25, 0.3) is 0 Å². The van der Waals surface area contributed by atoms with Gasteiger partial charge in [0.05, 0.1) is 13.2 Å². The van der Waals surface area contributed by atoms with Gasteiger partial charge in [0.1, 0.15) is 0 Å². The number of benzene rings is 1. The van der Waals surface area contributed by atoms with E-state index in [2.05, 4.69) is 17.0 Å². The number of carbonyl (C=O) groups is 1. The molecule has 4 rings (SSSR count). The van der Waals surface area contributed by atoms with Gasteiger partial charge in [-0.3, -0.25) is 9.69 Å². The highest BCUT2D eigenvalue weighted by atomic mass is 16.5. The van der Waals surface area contributed by atoms with Crippen molar-refractivity contribution in [2.75, 3.05) is 50.0 Å². The van der Waals surface area contributed by atoms with Gasteiger partial charge in [0, 0.05) is 49.4 Å². The highest BCUT2D eigenvalue weighted by Crippen LogP contribution is 2.47. The summed E-state index contributed by atoms with van der Waals surface area (Å²) in [6.45, 7) is 5.59. The molecule has 1 saturated carbocycles. The lowest BCUT2D eigenvalue weighted by molar-refractivity contribution is -0.119. The lowest BCUT2D eigenvalue weighted by Crippen LogP contribution is -2.49. The molecule has 5 nitrogen and oxygen atoms in total. The molecule has 2 aliphatic heterocycles. The van der Waals surface area contributed by atoms with Crippen LogP contribution >= 0.6 is 0 Å². The van der Waals surface area contributed by atoms with Crippen LogP contribution in [0.3, 0.4) is 0 Å². The topological polar surface area (TPSA) is 58.8 Å². The van der Waals surface area contributed by atoms with Gasteiger partial charge in [-0.25, -0.2) is 0 Å². The maximum atomic E-state index is 12.2. The third kappa shape index (κ3) is 3.27. The van der Waals surface area contributed by atoms with Crippen molar-refractivity contribution < 1.29 is 9.53 Å². The molecule has 3 fully saturated rings. The molecule has 25 heavy (non-hydrogen) atoms. The second-order valence-corrected chi connectivity index (χ2v) is 7.80. The van der Waals surface area contributed by atoms with Crippen LogP contribution in [0.15, 0.2) is 18.2 Å². The third-order valence-electron chi connectivity index (χ3n) is 6.18. The minimum Gasteiger partial charge on any atom is -0.398 e. The van der Waals surface area contributed by atoms with Gasteiger partial charge in [-0.05, 0) is 43.4 Å². The molecule has 1 aliphatic carbocycles. The molecule has 2 saturated heterocycles. The van der Waals surface area contributed by atoms with Crippen LogP contribution in [0.4, 0.5) is 11.4 Å². The zero-order chi connectivity index (χ0) is 17.3. The number of hydrogen-bond donors (Lipinski definition) is 1. The number of nitrogen functional groups attached to an aromatic ring is 1. The summed E-state index contributed by atoms with van der Waals surface area (Å²) in [5.41, 5.74) is 9.77. The molecule has 1 aromatic rings. The van der Waals surface area contributed by atoms with E-state index >= 15 is 0 Å². The fraction of sp³-hybridized carbons (Fsp3) is 0.650. The van der Waals surface area contributed by atoms with Gasteiger partial charge < -0.3 is 15.4 Å². The first-order chi connectivity index (χ1) is 12.2. The number of amides is 1. The van der Waals surface area contributed by atoms with Crippen molar-refractivity contribution >= 4 is 17.3 Å². The van der Waals surface area contributed by atoms with E-state index in [0.29, 0.717) is 6.42 Å². The second-order valence-electron chi connectivity index (χ2n) is 7.80. The fourth-order valence-electron chi connectivity index (χ4n) is 4.58. The molecular weight excluding hydrogens is 314 g/mol. The van der Waals surface area contributed by atoms with E-state index in [4.69, 9.17) is 10.5 Å². The minimum absolute atomic E-state index is 0.186. The quantitative estimate of drug-likeness (QED) is 0.854. The Hall–Kier alpha value is -1.59. The molecule has 0 radical (unpaired) electrons. The summed E-state index contributed by atoms with van der Waals surface area (Å²) in [5.74, 6) is 0.227. The SMILES string of the molecule is Nc1cc(N2CCCCC2=O)ccc1C1(CN2CCOCC2)CCC1. The molecule has 0 aromatic heterocycles. The third-order valence-corrected chi connectivity index (χ3v) is 6.18. The molecule has 1 aromatic carbocycles. The lowest BCUT2D eigenvalue weighted by atomic mass is 9.63. The monoisotopic (exact) mass is 343 g/mol. The van der Waals surface area contributed by atoms with E-state index in [1.54, 1.807) is 0 Å². The average Bonchev–Trinajstić information content (AvgIpc) is 2.60. The van der Waals surface area contributed by atoms with Gasteiger partial charge in [-0.15, -0.1) is 0 Å². The number of rotatable bonds is 4. The Morgan fingerprint density at radius 1 is 1.08 bits per heavy atom. The van der Waals surface area contributed by atoms with Crippen LogP contribution in [0.5, 0.6) is 0 Å². The Bertz CT molecular complexity index is 636. The smallest absolute Gasteiger partial charge is 0.226 e. The molecule has 0 bridgehead atoms. The molecule has 2 N–H and O–H groups in total. The molecule has 0 atom stereocenters. The van der Waals surface area contributed by atoms with Crippen molar-refractivity contribution in [2.24, 2.45) is 0 Å². The number of piperidine rings is 1. The molecule has 2 heterocycles. The van der Waals surface area contributed by atoms with Gasteiger partial charge in [0.15, 0.2) is 0 Å². The maximum absolute atomic E-state index is 12.2. The second kappa shape index (κ2) is 6.96. The van der Waals surface area contributed by atoms with Crippen LogP contribution in [0.2, 0.25) is 0 Å². The van der Waals surface area contributed by atoms with Crippen LogP contribution in [-0.4, -0.2) is 50.2 Å². The van der Waals surface area contributed by atoms with Gasteiger partial charge in [0.25, 0.3) is 0 Å². The Kier molecular flexibility index (Phi) is 4.69. The summed E-state index contributed by atoms with van der Waals surface area (Å²) >= 11 is 0. The molecule has 3 aliphatic rings. The first-order valence-electron chi connectivity index (χ1n) is 9.68. The highest BCUT2D eigenvalue weighted by molar-refractivity contribution is 5.94. The number of nitrogens with zero attached hydrogens (tertiary/aromatic N) is 2. The predicted octanol–water partition coefficient (Wildman–Crippen LogP) is 2.54. The van der Waals surface area contributed by atoms with Crippen molar-refractivity contribution in [3.05, 3.63) is 23.8 Å². The summed E-state index contributed by atoms with van der Waals surface area (Å²) < 4.78 is 5.48. The van der Waals surface area contributed by atoms with Gasteiger partial charge in [0.2, 0.25) is 5.91 Å². The molecule has 0 spiro atoms. The number of morpholine rings is 1. The van der Waals surface area contributed by atoms with Crippen molar-refractivity contribution in [3.63, 3.8) is 0 Å². The number of nitrogens with two attached hydrogens (primary N) is 1. The standard InChI is InChI=1S/C20H29N3O2/c21-18-14-16(23-9-2-1-4-19(23)24)5-6-17(18)20(7-3-8-20)15-22-10-12-25-13-11-22/h5-6,14H,1-4,7-13,15,21H2. The number of ether oxygens (including phenoxy) is 1. The van der Waals surface area contributed by atoms with Gasteiger partial charge >= 0.3 is 0 Å². The largest absolute Gasteiger partial charge is 0.398 e. The summed E-state index contributed by atoms with van der Waals surface area (Å²) in [5, 5.41) is 0. The Morgan fingerprint density at radius 2 is 1.88 bits per heavy atom. The Labute approximate surface area is 150 Å². The van der Waals surface area contributed by atoms with E-state index in [-0.39, 0.29) is 11.3 Å². The molecule has 0 unspecified atom stereocenters. The van der Waals surface area contributed by atoms with E-state index in [0.717, 1.165) is 63.6 Å². The van der Waals surface area contributed by atoms with E-state index in [9.17, 15) is 4.79 Å². The molecule has 5 heteroatoms. The van der Waals surface area contributed by atoms with E-state index in [1.807, 2.05) is 11.0 Å². The summed E-state index contributed by atoms with van der Waals surface area (Å²) in [4.78, 5) is 16.6. The van der Waals surface area contributed by atoms with Crippen LogP contribution in [-0.2, 0) is 14.9 Å². The summed E-state index contributed by atoms with van der Waals surface area (Å²) in [6, 6.07) is 6.32. The van der Waals surface area contributed by atoms with Crippen molar-refractivity contribution in [1.29, 1.82) is 0 Å². The Morgan fingerprint density at radius 3 is 2.52 bits per heavy atom. The zero-order valence-corrected chi connectivity index (χ0v) is 15.0. The predicted molar refractivity (Wildman–Crippen MR) is 99.8 cm³/mol. The van der Waals surface area contributed by atoms with Crippen molar-refractivity contribution in [1.82, 2.24) is 4.90 Å². The fourth-order valence-corrected chi connectivity index (χ4v) is 4.58. The van der Waals surface area contributed by atoms with Gasteiger partial charge in [-0.1, -0.05) is 12.5 Å². The number of anilines is 2. The number of hydrogen-bond acceptors (Lipinski definition) is 4. The van der Waals surface area contributed by atoms with Crippen LogP contribution in [0, 0.1) is 0 Å². The summed E-state index contributed by atoms with van der Waals surface area (Å²) in [6.07, 6.45) is 6.42.